The summed E-state index contributed by atoms with van der Waals surface area (Å²) in [5, 5.41) is 15.7. The minimum absolute atomic E-state index is 0.00376. The van der Waals surface area contributed by atoms with Gasteiger partial charge in [0, 0.05) is 49.4 Å². The summed E-state index contributed by atoms with van der Waals surface area (Å²) in [4.78, 5) is 44.2. The summed E-state index contributed by atoms with van der Waals surface area (Å²) in [6.45, 7) is 3.75. The summed E-state index contributed by atoms with van der Waals surface area (Å²) < 4.78 is 5.24. The van der Waals surface area contributed by atoms with E-state index < -0.39 is 17.2 Å². The maximum Gasteiger partial charge on any atom is 0.254 e. The topological polar surface area (TPSA) is 115 Å². The number of likely N-dealkylation sites (N-methyl/N-ethyl adjacent to an activating group) is 1. The van der Waals surface area contributed by atoms with Gasteiger partial charge in [-0.3, -0.25) is 19.7 Å². The van der Waals surface area contributed by atoms with Crippen LogP contribution < -0.4 is 10.1 Å². The summed E-state index contributed by atoms with van der Waals surface area (Å²) in [6, 6.07) is 12.6. The van der Waals surface area contributed by atoms with E-state index in [9.17, 15) is 19.6 Å². The number of carbonyl (C=O) groups excluding carboxylic acids is 3. The van der Waals surface area contributed by atoms with Gasteiger partial charge >= 0.3 is 0 Å². The molecule has 3 amide bonds. The smallest absolute Gasteiger partial charge is 0.254 e. The molecule has 0 aliphatic carbocycles. The quantitative estimate of drug-likeness (QED) is 0.154. The first-order valence-corrected chi connectivity index (χ1v) is 12.9. The zero-order valence-corrected chi connectivity index (χ0v) is 22.1. The van der Waals surface area contributed by atoms with Crippen LogP contribution in [0.25, 0.3) is 0 Å². The SMILES string of the molecule is COc1ccc2c(c1)C(=O)N(C[C@@]1(C#Cc3ccc(C(=NO)N4CCCN(C)CC4)cc3)CC(=O)NC1=O)C2. The Balaban J connectivity index is 1.36. The van der Waals surface area contributed by atoms with Crippen molar-refractivity contribution in [3.63, 3.8) is 0 Å². The molecule has 2 aromatic carbocycles. The number of hydrogen-bond donors (Lipinski definition) is 2. The van der Waals surface area contributed by atoms with Crippen LogP contribution in [0.15, 0.2) is 47.6 Å². The molecule has 3 aliphatic rings. The van der Waals surface area contributed by atoms with E-state index in [1.54, 1.807) is 29.2 Å². The first-order valence-electron chi connectivity index (χ1n) is 12.9. The van der Waals surface area contributed by atoms with E-state index in [-0.39, 0.29) is 18.9 Å². The van der Waals surface area contributed by atoms with Gasteiger partial charge in [0.25, 0.3) is 5.91 Å². The van der Waals surface area contributed by atoms with Crippen molar-refractivity contribution in [3.05, 3.63) is 64.7 Å². The molecule has 3 aliphatic heterocycles. The van der Waals surface area contributed by atoms with Gasteiger partial charge in [0.15, 0.2) is 5.84 Å². The normalized spacial score (nSPS) is 21.8. The molecule has 5 rings (SSSR count). The summed E-state index contributed by atoms with van der Waals surface area (Å²) in [5.74, 6) is 6.01. The maximum absolute atomic E-state index is 13.1. The van der Waals surface area contributed by atoms with Crippen molar-refractivity contribution < 1.29 is 24.3 Å². The summed E-state index contributed by atoms with van der Waals surface area (Å²) in [6.07, 6.45) is 0.852. The third kappa shape index (κ3) is 5.31. The standard InChI is InChI=1S/C29H31N5O5/c1-32-12-3-13-33(15-14-32)26(31-38)21-6-4-20(5-7-21)10-11-29(17-25(35)30-28(29)37)19-34-18-22-8-9-23(39-2)16-24(22)27(34)36/h4-9,16,38H,3,12-15,17-19H2,1-2H3,(H,30,35,37)/t29-/m1/s1. The Morgan fingerprint density at radius 1 is 1.10 bits per heavy atom. The second-order valence-electron chi connectivity index (χ2n) is 10.2. The molecular weight excluding hydrogens is 498 g/mol. The van der Waals surface area contributed by atoms with Crippen LogP contribution in [-0.4, -0.2) is 90.3 Å². The minimum atomic E-state index is -1.35. The van der Waals surface area contributed by atoms with Crippen molar-refractivity contribution in [3.8, 4) is 17.6 Å². The fourth-order valence-corrected chi connectivity index (χ4v) is 5.29. The largest absolute Gasteiger partial charge is 0.497 e. The molecule has 1 atom stereocenters. The molecule has 0 aromatic heterocycles. The van der Waals surface area contributed by atoms with Gasteiger partial charge in [0.2, 0.25) is 11.8 Å². The van der Waals surface area contributed by atoms with Crippen molar-refractivity contribution in [1.82, 2.24) is 20.0 Å². The molecule has 0 radical (unpaired) electrons. The Kier molecular flexibility index (Phi) is 7.26. The Morgan fingerprint density at radius 3 is 2.59 bits per heavy atom. The average Bonchev–Trinajstić information content (AvgIpc) is 3.28. The van der Waals surface area contributed by atoms with Gasteiger partial charge in [-0.15, -0.1) is 0 Å². The van der Waals surface area contributed by atoms with Crippen LogP contribution in [0.5, 0.6) is 5.75 Å². The molecule has 0 unspecified atom stereocenters. The van der Waals surface area contributed by atoms with E-state index >= 15 is 0 Å². The Hall–Kier alpha value is -4.36. The molecule has 10 nitrogen and oxygen atoms in total. The lowest BCUT2D eigenvalue weighted by Crippen LogP contribution is -2.42. The minimum Gasteiger partial charge on any atom is -0.497 e. The monoisotopic (exact) mass is 529 g/mol. The fraction of sp³-hybridized carbons (Fsp3) is 0.379. The van der Waals surface area contributed by atoms with E-state index in [4.69, 9.17) is 4.74 Å². The summed E-state index contributed by atoms with van der Waals surface area (Å²) in [5.41, 5.74) is 1.40. The number of amides is 3. The van der Waals surface area contributed by atoms with Crippen molar-refractivity contribution in [1.29, 1.82) is 0 Å². The number of methoxy groups -OCH3 is 1. The van der Waals surface area contributed by atoms with Crippen LogP contribution in [0.3, 0.4) is 0 Å². The highest BCUT2D eigenvalue weighted by atomic mass is 16.5. The molecule has 2 aromatic rings. The Morgan fingerprint density at radius 2 is 1.90 bits per heavy atom. The summed E-state index contributed by atoms with van der Waals surface area (Å²) in [7, 11) is 3.61. The van der Waals surface area contributed by atoms with Crippen molar-refractivity contribution >= 4 is 23.6 Å². The highest BCUT2D eigenvalue weighted by Crippen LogP contribution is 2.33. The van der Waals surface area contributed by atoms with Crippen LogP contribution in [0.2, 0.25) is 0 Å². The van der Waals surface area contributed by atoms with E-state index in [2.05, 4.69) is 39.2 Å². The first kappa shape index (κ1) is 26.3. The molecule has 2 N–H and O–H groups in total. The average molecular weight is 530 g/mol. The van der Waals surface area contributed by atoms with Crippen LogP contribution in [0, 0.1) is 17.3 Å². The van der Waals surface area contributed by atoms with Gasteiger partial charge in [0.1, 0.15) is 11.2 Å². The van der Waals surface area contributed by atoms with Crippen molar-refractivity contribution in [2.24, 2.45) is 10.6 Å². The lowest BCUT2D eigenvalue weighted by molar-refractivity contribution is -0.127. The number of benzene rings is 2. The Bertz CT molecular complexity index is 1390. The number of oxime groups is 1. The Labute approximate surface area is 227 Å². The number of ether oxygens (including phenoxy) is 1. The molecule has 202 valence electrons. The zero-order valence-electron chi connectivity index (χ0n) is 22.1. The van der Waals surface area contributed by atoms with Gasteiger partial charge in [0.05, 0.1) is 13.5 Å². The van der Waals surface area contributed by atoms with E-state index in [1.165, 1.54) is 7.11 Å². The number of hydrogen-bond acceptors (Lipinski definition) is 7. The van der Waals surface area contributed by atoms with E-state index in [1.807, 2.05) is 18.2 Å². The second kappa shape index (κ2) is 10.8. The number of amidine groups is 1. The number of nitrogens with one attached hydrogen (secondary N) is 1. The molecule has 10 heteroatoms. The molecule has 2 fully saturated rings. The summed E-state index contributed by atoms with van der Waals surface area (Å²) >= 11 is 0. The van der Waals surface area contributed by atoms with E-state index in [0.29, 0.717) is 29.3 Å². The predicted octanol–water partition coefficient (Wildman–Crippen LogP) is 1.51. The van der Waals surface area contributed by atoms with Gasteiger partial charge in [-0.05, 0) is 62.0 Å². The molecular formula is C29H31N5O5. The van der Waals surface area contributed by atoms with Gasteiger partial charge in [-0.2, -0.15) is 0 Å². The highest BCUT2D eigenvalue weighted by Gasteiger charge is 2.48. The second-order valence-corrected chi connectivity index (χ2v) is 10.2. The molecule has 0 bridgehead atoms. The number of carbonyl (C=O) groups is 3. The van der Waals surface area contributed by atoms with Gasteiger partial charge in [-0.25, -0.2) is 0 Å². The third-order valence-electron chi connectivity index (χ3n) is 7.51. The first-order chi connectivity index (χ1) is 18.8. The predicted molar refractivity (Wildman–Crippen MR) is 143 cm³/mol. The lowest BCUT2D eigenvalue weighted by Gasteiger charge is -2.25. The lowest BCUT2D eigenvalue weighted by atomic mass is 9.85. The molecule has 0 saturated carbocycles. The fourth-order valence-electron chi connectivity index (χ4n) is 5.29. The highest BCUT2D eigenvalue weighted by molar-refractivity contribution is 6.08. The van der Waals surface area contributed by atoms with Gasteiger partial charge in [-0.1, -0.05) is 23.1 Å². The molecule has 3 heterocycles. The van der Waals surface area contributed by atoms with Crippen LogP contribution in [0.4, 0.5) is 0 Å². The molecule has 39 heavy (non-hydrogen) atoms. The van der Waals surface area contributed by atoms with Gasteiger partial charge < -0.3 is 24.6 Å². The van der Waals surface area contributed by atoms with Crippen LogP contribution >= 0.6 is 0 Å². The van der Waals surface area contributed by atoms with Crippen molar-refractivity contribution in [2.45, 2.75) is 19.4 Å². The number of rotatable bonds is 4. The third-order valence-corrected chi connectivity index (χ3v) is 7.51. The van der Waals surface area contributed by atoms with Crippen molar-refractivity contribution in [2.75, 3.05) is 46.9 Å². The number of fused-ring (bicyclic) bond motifs is 1. The van der Waals surface area contributed by atoms with E-state index in [0.717, 1.165) is 43.7 Å². The molecule has 2 saturated heterocycles. The van der Waals surface area contributed by atoms with Crippen LogP contribution in [0.1, 0.15) is 39.9 Å². The van der Waals surface area contributed by atoms with Crippen LogP contribution in [-0.2, 0) is 16.1 Å². The number of imide groups is 1. The zero-order chi connectivity index (χ0) is 27.6. The molecule has 0 spiro atoms. The maximum atomic E-state index is 13.1. The number of nitrogens with zero attached hydrogens (tertiary/aromatic N) is 4.